The molecule has 4 atom stereocenters. The van der Waals surface area contributed by atoms with Gasteiger partial charge in [-0.3, -0.25) is 0 Å². The average Bonchev–Trinajstić information content (AvgIpc) is 3.55. The van der Waals surface area contributed by atoms with E-state index in [0.717, 1.165) is 11.8 Å². The first-order valence-corrected chi connectivity index (χ1v) is 37.7. The van der Waals surface area contributed by atoms with Gasteiger partial charge in [-0.1, -0.05) is 0 Å². The molecule has 0 amide bonds. The SMILES string of the molecule is CCC(C)c1ccc(-c2cccc3c2C=C(CC2CCCCCC2)[CH]3[Zr]([CH3])([CH3])(=[SiH2])[CH]2C(CC3CCCCCC3)=Cc3c(-c4ccc(C(C)CC)cc4)cccc32)cc1.Cl.Cl. The molecular formula is C56H76Cl2SiZr. The van der Waals surface area contributed by atoms with E-state index in [9.17, 15) is 0 Å². The Morgan fingerprint density at radius 3 is 1.20 bits per heavy atom. The molecule has 0 N–H and O–H groups in total. The molecular weight excluding hydrogens is 863 g/mol. The monoisotopic (exact) mass is 936 g/mol. The Hall–Kier alpha value is -1.96. The molecule has 0 aromatic heterocycles. The molecule has 4 aliphatic carbocycles. The van der Waals surface area contributed by atoms with Crippen molar-refractivity contribution in [2.75, 3.05) is 0 Å². The number of halogens is 2. The van der Waals surface area contributed by atoms with E-state index in [1.54, 1.807) is 33.4 Å². The molecule has 60 heavy (non-hydrogen) atoms. The minimum absolute atomic E-state index is 0. The first-order valence-electron chi connectivity index (χ1n) is 24.0. The smallest absolute Gasteiger partial charge is 0.147 e. The topological polar surface area (TPSA) is 0 Å². The van der Waals surface area contributed by atoms with Crippen molar-refractivity contribution < 1.29 is 17.4 Å². The van der Waals surface area contributed by atoms with Gasteiger partial charge >= 0.3 is 359 Å². The third-order valence-corrected chi connectivity index (χ3v) is 33.5. The van der Waals surface area contributed by atoms with E-state index in [-0.39, 0.29) is 24.8 Å². The quantitative estimate of drug-likeness (QED) is 0.0981. The minimum Gasteiger partial charge on any atom is -0.147 e. The zero-order chi connectivity index (χ0) is 40.5. The molecule has 0 heterocycles. The third kappa shape index (κ3) is 9.74. The zero-order valence-corrected chi connectivity index (χ0v) is 43.5. The number of allylic oxidation sites excluding steroid dienone is 2. The van der Waals surface area contributed by atoms with Crippen molar-refractivity contribution in [2.45, 2.75) is 159 Å². The number of hydrogen-bond acceptors (Lipinski definition) is 0. The number of hydrogen-bond donors (Lipinski definition) is 0. The van der Waals surface area contributed by atoms with Crippen molar-refractivity contribution >= 4 is 43.8 Å². The summed E-state index contributed by atoms with van der Waals surface area (Å²) >= 11 is -3.88. The Morgan fingerprint density at radius 2 is 0.867 bits per heavy atom. The van der Waals surface area contributed by atoms with Crippen molar-refractivity contribution in [3.63, 3.8) is 0 Å². The van der Waals surface area contributed by atoms with Crippen molar-refractivity contribution in [3.05, 3.63) is 129 Å². The molecule has 4 aromatic rings. The fraction of sp³-hybridized carbons (Fsp3) is 0.500. The van der Waals surface area contributed by atoms with E-state index in [4.69, 9.17) is 0 Å². The van der Waals surface area contributed by atoms with Crippen molar-refractivity contribution in [3.8, 4) is 22.3 Å². The molecule has 2 saturated carbocycles. The first kappa shape index (κ1) is 47.5. The molecule has 4 unspecified atom stereocenters. The van der Waals surface area contributed by atoms with Crippen LogP contribution in [0.15, 0.2) is 96.1 Å². The van der Waals surface area contributed by atoms with E-state index >= 15 is 0 Å². The second-order valence-corrected chi connectivity index (χ2v) is 51.3. The van der Waals surface area contributed by atoms with Crippen molar-refractivity contribution in [1.82, 2.24) is 0 Å². The molecule has 0 spiro atoms. The summed E-state index contributed by atoms with van der Waals surface area (Å²) in [6.07, 6.45) is 27.5. The Balaban J connectivity index is 0.00000302. The number of fused-ring (bicyclic) bond motifs is 2. The number of rotatable bonds is 12. The van der Waals surface area contributed by atoms with Crippen LogP contribution >= 0.6 is 24.8 Å². The van der Waals surface area contributed by atoms with Crippen molar-refractivity contribution in [1.29, 1.82) is 0 Å². The summed E-state index contributed by atoms with van der Waals surface area (Å²) in [5.41, 5.74) is 18.6. The summed E-state index contributed by atoms with van der Waals surface area (Å²) < 4.78 is 6.96. The largest absolute Gasteiger partial charge is 0.147 e. The summed E-state index contributed by atoms with van der Waals surface area (Å²) in [5.74, 6) is 2.83. The van der Waals surface area contributed by atoms with Crippen LogP contribution in [-0.2, 0) is 17.4 Å². The Kier molecular flexibility index (Phi) is 16.0. The Morgan fingerprint density at radius 1 is 0.517 bits per heavy atom. The van der Waals surface area contributed by atoms with Gasteiger partial charge in [0.25, 0.3) is 0 Å². The second-order valence-electron chi connectivity index (χ2n) is 20.8. The Bertz CT molecular complexity index is 2040. The molecule has 2 fully saturated rings. The molecule has 4 aromatic carbocycles. The molecule has 0 nitrogen and oxygen atoms in total. The normalized spacial score (nSPS) is 21.0. The maximum atomic E-state index is 2.92. The van der Waals surface area contributed by atoms with Gasteiger partial charge in [-0.2, -0.15) is 0 Å². The summed E-state index contributed by atoms with van der Waals surface area (Å²) in [6.45, 7) is 11.9. The van der Waals surface area contributed by atoms with E-state index < -0.39 is 17.4 Å². The van der Waals surface area contributed by atoms with Crippen LogP contribution < -0.4 is 0 Å². The van der Waals surface area contributed by atoms with Crippen LogP contribution in [0.25, 0.3) is 34.4 Å². The van der Waals surface area contributed by atoms with Gasteiger partial charge in [-0.15, -0.1) is 24.8 Å². The summed E-state index contributed by atoms with van der Waals surface area (Å²) in [5, 5.41) is 0. The van der Waals surface area contributed by atoms with Crippen LogP contribution in [0.2, 0.25) is 9.26 Å². The zero-order valence-electron chi connectivity index (χ0n) is 38.0. The predicted molar refractivity (Wildman–Crippen MR) is 269 cm³/mol. The van der Waals surface area contributed by atoms with Gasteiger partial charge in [-0.05, 0) is 0 Å². The fourth-order valence-corrected chi connectivity index (χ4v) is 32.2. The molecule has 322 valence electrons. The molecule has 0 aliphatic heterocycles. The minimum atomic E-state index is -3.88. The Labute approximate surface area is 380 Å². The molecule has 4 heteroatoms. The van der Waals surface area contributed by atoms with Crippen LogP contribution in [0.5, 0.6) is 0 Å². The molecule has 0 saturated heterocycles. The molecule has 0 bridgehead atoms. The standard InChI is InChI=1S/2C27H33.2CH3.2ClH.H2Si.Zr/c2*1-3-20(2)23-13-15-24(16-14-23)26-12-8-11-25-18-22(19-27(25)26)17-21-9-6-4-5-7-10-21;;;;;;/h2*8,11-16,18-21H,3-7,9-10,17H2,1-2H3;2*1H3;2*1H;1H2;. The van der Waals surface area contributed by atoms with E-state index in [1.165, 1.54) is 136 Å². The maximum Gasteiger partial charge on any atom is -0.147 e. The molecule has 4 aliphatic rings. The average molecular weight is 939 g/mol. The fourth-order valence-electron chi connectivity index (χ4n) is 12.4. The van der Waals surface area contributed by atoms with Crippen molar-refractivity contribution in [2.24, 2.45) is 11.8 Å². The second kappa shape index (κ2) is 20.3. The van der Waals surface area contributed by atoms with Gasteiger partial charge in [0, 0.05) is 0 Å². The molecule has 0 radical (unpaired) electrons. The van der Waals surface area contributed by atoms with Crippen LogP contribution in [0.3, 0.4) is 0 Å². The summed E-state index contributed by atoms with van der Waals surface area (Å²) in [7, 11) is 0. The van der Waals surface area contributed by atoms with Crippen LogP contribution in [0.1, 0.15) is 183 Å². The van der Waals surface area contributed by atoms with E-state index in [0.29, 0.717) is 19.1 Å². The van der Waals surface area contributed by atoms with Gasteiger partial charge in [0.05, 0.1) is 0 Å². The first-order chi connectivity index (χ1) is 28.0. The van der Waals surface area contributed by atoms with Gasteiger partial charge in [0.1, 0.15) is 0 Å². The molecule has 8 rings (SSSR count). The summed E-state index contributed by atoms with van der Waals surface area (Å²) in [4.78, 5) is 0. The predicted octanol–water partition coefficient (Wildman–Crippen LogP) is 17.5. The van der Waals surface area contributed by atoms with Crippen LogP contribution in [-0.4, -0.2) is 6.88 Å². The van der Waals surface area contributed by atoms with Gasteiger partial charge in [-0.25, -0.2) is 0 Å². The van der Waals surface area contributed by atoms with Gasteiger partial charge in [0.2, 0.25) is 0 Å². The third-order valence-electron chi connectivity index (χ3n) is 16.0. The van der Waals surface area contributed by atoms with Crippen LogP contribution in [0, 0.1) is 11.8 Å². The van der Waals surface area contributed by atoms with Gasteiger partial charge in [0.15, 0.2) is 0 Å². The number of benzene rings is 4. The van der Waals surface area contributed by atoms with E-state index in [1.807, 2.05) is 0 Å². The summed E-state index contributed by atoms with van der Waals surface area (Å²) in [6, 6.07) is 34.2. The van der Waals surface area contributed by atoms with Crippen LogP contribution in [0.4, 0.5) is 0 Å². The maximum absolute atomic E-state index is 3.88. The van der Waals surface area contributed by atoms with E-state index in [2.05, 4.69) is 141 Å². The van der Waals surface area contributed by atoms with Gasteiger partial charge < -0.3 is 0 Å².